The molecule has 5 aromatic rings. The smallest absolute Gasteiger partial charge is 0.508 e. The van der Waals surface area contributed by atoms with E-state index in [1.165, 1.54) is 66.7 Å². The van der Waals surface area contributed by atoms with Gasteiger partial charge >= 0.3 is 35.3 Å². The van der Waals surface area contributed by atoms with Crippen molar-refractivity contribution in [2.24, 2.45) is 0 Å². The van der Waals surface area contributed by atoms with Crippen LogP contribution in [0, 0.1) is 13.8 Å². The number of esters is 4. The SMILES string of the molecule is C=CC(=O)Oc1ccc(C(=O)Oc2ccc(O)cc2C)cc1.C=CC(=O)Oc1ccc(C(=O)Oc2ccc(OCc3ccccc3)cc2C)cc1.[Cl][Al]([Cl])[Cl]. The molecule has 5 rings (SSSR count). The molecule has 0 aliphatic heterocycles. The quantitative estimate of drug-likeness (QED) is 0.0594. The Morgan fingerprint density at radius 2 is 1.02 bits per heavy atom. The summed E-state index contributed by atoms with van der Waals surface area (Å²) in [5.74, 6) is 0.0489. The minimum absolute atomic E-state index is 0.102. The summed E-state index contributed by atoms with van der Waals surface area (Å²) < 4.78 is 26.4. The number of phenolic OH excluding ortho intramolecular Hbond substituents is 1. The molecule has 0 aliphatic rings. The summed E-state index contributed by atoms with van der Waals surface area (Å²) in [6.07, 6.45) is 2.12. The number of aryl methyl sites for hydroxylation is 2. The minimum atomic E-state index is -1.72. The first-order valence-corrected chi connectivity index (χ1v) is 21.3. The van der Waals surface area contributed by atoms with Crippen molar-refractivity contribution in [3.63, 3.8) is 0 Å². The zero-order chi connectivity index (χ0) is 40.3. The van der Waals surface area contributed by atoms with Crippen molar-refractivity contribution in [1.82, 2.24) is 0 Å². The van der Waals surface area contributed by atoms with Crippen molar-refractivity contribution in [3.05, 3.63) is 168 Å². The molecule has 0 unspecified atom stereocenters. The van der Waals surface area contributed by atoms with Crippen molar-refractivity contribution in [2.75, 3.05) is 0 Å². The Balaban J connectivity index is 0.000000278. The number of benzene rings is 5. The number of hydrogen-bond acceptors (Lipinski definition) is 10. The Bertz CT molecular complexity index is 2090. The van der Waals surface area contributed by atoms with Crippen molar-refractivity contribution in [2.45, 2.75) is 20.5 Å². The lowest BCUT2D eigenvalue weighted by Gasteiger charge is -2.11. The minimum Gasteiger partial charge on any atom is -0.508 e. The molecule has 1 N–H and O–H groups in total. The van der Waals surface area contributed by atoms with Crippen LogP contribution in [-0.4, -0.2) is 40.4 Å². The van der Waals surface area contributed by atoms with Crippen molar-refractivity contribution in [3.8, 4) is 34.5 Å². The second-order valence-electron chi connectivity index (χ2n) is 11.0. The lowest BCUT2D eigenvalue weighted by Crippen LogP contribution is -2.10. The number of hydrogen-bond donors (Lipinski definition) is 1. The molecule has 0 saturated heterocycles. The maximum Gasteiger partial charge on any atom is 0.643 e. The highest BCUT2D eigenvalue weighted by atomic mass is 35.8. The maximum atomic E-state index is 12.4. The van der Waals surface area contributed by atoms with Crippen LogP contribution < -0.4 is 23.7 Å². The molecule has 0 fully saturated rings. The van der Waals surface area contributed by atoms with E-state index in [1.807, 2.05) is 43.3 Å². The van der Waals surface area contributed by atoms with Gasteiger partial charge < -0.3 is 28.8 Å². The second-order valence-corrected chi connectivity index (χ2v) is 17.4. The van der Waals surface area contributed by atoms with Gasteiger partial charge in [-0.1, -0.05) is 43.5 Å². The summed E-state index contributed by atoms with van der Waals surface area (Å²) in [5.41, 5.74) is 3.14. The van der Waals surface area contributed by atoms with Gasteiger partial charge in [-0.15, -0.1) is 0 Å². The van der Waals surface area contributed by atoms with Crippen LogP contribution in [0.4, 0.5) is 0 Å². The highest BCUT2D eigenvalue weighted by Crippen LogP contribution is 2.26. The van der Waals surface area contributed by atoms with Gasteiger partial charge in [-0.3, -0.25) is 0 Å². The number of ether oxygens (including phenoxy) is 5. The number of aromatic hydroxyl groups is 1. The lowest BCUT2D eigenvalue weighted by molar-refractivity contribution is -0.129. The van der Waals surface area contributed by atoms with Crippen molar-refractivity contribution >= 4 is 65.4 Å². The molecule has 0 heterocycles. The fraction of sp³-hybridized carbons (Fsp3) is 0.0732. The van der Waals surface area contributed by atoms with Crippen LogP contribution in [0.25, 0.3) is 0 Å². The average molecular weight is 820 g/mol. The van der Waals surface area contributed by atoms with Gasteiger partial charge in [0.25, 0.3) is 0 Å². The molecular weight excluding hydrogens is 786 g/mol. The molecule has 0 bridgehead atoms. The van der Waals surface area contributed by atoms with Crippen LogP contribution in [0.3, 0.4) is 0 Å². The van der Waals surface area contributed by atoms with Crippen LogP contribution in [-0.2, 0) is 16.2 Å². The Morgan fingerprint density at radius 1 is 0.600 bits per heavy atom. The number of halogens is 3. The Hall–Kier alpha value is -5.54. The molecule has 14 heteroatoms. The van der Waals surface area contributed by atoms with Crippen LogP contribution in [0.5, 0.6) is 34.5 Å². The van der Waals surface area contributed by atoms with Gasteiger partial charge in [-0.05, 0) is 115 Å². The largest absolute Gasteiger partial charge is 0.643 e. The lowest BCUT2D eigenvalue weighted by atomic mass is 10.2. The highest BCUT2D eigenvalue weighted by molar-refractivity contribution is 7.54. The molecule has 0 amide bonds. The Kier molecular flexibility index (Phi) is 18.0. The molecule has 0 saturated carbocycles. The van der Waals surface area contributed by atoms with Gasteiger partial charge in [-0.25, -0.2) is 49.3 Å². The Morgan fingerprint density at radius 3 is 1.44 bits per heavy atom. The fourth-order valence-electron chi connectivity index (χ4n) is 4.27. The topological polar surface area (TPSA) is 135 Å². The van der Waals surface area contributed by atoms with Gasteiger partial charge in [0, 0.05) is 12.2 Å². The monoisotopic (exact) mass is 818 g/mol. The van der Waals surface area contributed by atoms with Gasteiger partial charge in [0.15, 0.2) is 0 Å². The number of carbonyl (C=O) groups excluding carboxylic acids is 4. The molecular formula is C41H34AlCl3O10. The molecule has 0 aromatic heterocycles. The Labute approximate surface area is 335 Å². The summed E-state index contributed by atoms with van der Waals surface area (Å²) in [6.45, 7) is 10.7. The van der Waals surface area contributed by atoms with Crippen LogP contribution in [0.2, 0.25) is 0 Å². The first kappa shape index (κ1) is 43.9. The highest BCUT2D eigenvalue weighted by Gasteiger charge is 2.13. The third-order valence-corrected chi connectivity index (χ3v) is 6.91. The predicted molar refractivity (Wildman–Crippen MR) is 213 cm³/mol. The molecule has 0 atom stereocenters. The van der Waals surface area contributed by atoms with Gasteiger partial charge in [0.2, 0.25) is 0 Å². The summed E-state index contributed by atoms with van der Waals surface area (Å²) in [4.78, 5) is 46.7. The summed E-state index contributed by atoms with van der Waals surface area (Å²) in [7, 11) is 14.8. The van der Waals surface area contributed by atoms with E-state index in [1.54, 1.807) is 19.1 Å². The van der Waals surface area contributed by atoms with Crippen LogP contribution in [0.1, 0.15) is 37.4 Å². The van der Waals surface area contributed by atoms with Gasteiger partial charge in [0.05, 0.1) is 11.1 Å². The van der Waals surface area contributed by atoms with Crippen molar-refractivity contribution < 1.29 is 48.0 Å². The number of rotatable bonds is 11. The van der Waals surface area contributed by atoms with E-state index < -0.39 is 35.3 Å². The second kappa shape index (κ2) is 22.6. The molecule has 0 aliphatic carbocycles. The van der Waals surface area contributed by atoms with E-state index >= 15 is 0 Å². The number of carbonyl (C=O) groups is 4. The van der Waals surface area contributed by atoms with Crippen LogP contribution in [0.15, 0.2) is 141 Å². The molecule has 55 heavy (non-hydrogen) atoms. The third kappa shape index (κ3) is 15.8. The molecule has 5 aromatic carbocycles. The average Bonchev–Trinajstić information content (AvgIpc) is 3.17. The first-order chi connectivity index (χ1) is 26.3. The first-order valence-electron chi connectivity index (χ1n) is 16.1. The molecule has 0 radical (unpaired) electrons. The van der Waals surface area contributed by atoms with Gasteiger partial charge in [-0.2, -0.15) is 0 Å². The van der Waals surface area contributed by atoms with E-state index in [2.05, 4.69) is 13.2 Å². The van der Waals surface area contributed by atoms with Crippen molar-refractivity contribution in [1.29, 1.82) is 0 Å². The fourth-order valence-corrected chi connectivity index (χ4v) is 4.27. The van der Waals surface area contributed by atoms with E-state index in [-0.39, 0.29) is 5.75 Å². The van der Waals surface area contributed by atoms with E-state index in [4.69, 9.17) is 53.8 Å². The summed E-state index contributed by atoms with van der Waals surface area (Å²) in [5, 5.41) is 9.32. The van der Waals surface area contributed by atoms with Crippen LogP contribution >= 0.6 is 30.1 Å². The van der Waals surface area contributed by atoms with E-state index in [9.17, 15) is 24.3 Å². The molecule has 282 valence electrons. The summed E-state index contributed by atoms with van der Waals surface area (Å²) in [6, 6.07) is 31.7. The summed E-state index contributed by atoms with van der Waals surface area (Å²) >= 11 is -1.72. The number of phenols is 1. The van der Waals surface area contributed by atoms with Gasteiger partial charge in [0.1, 0.15) is 41.1 Å². The van der Waals surface area contributed by atoms with E-state index in [0.29, 0.717) is 52.0 Å². The molecule has 0 spiro atoms. The predicted octanol–water partition coefficient (Wildman–Crippen LogP) is 9.58. The van der Waals surface area contributed by atoms with E-state index in [0.717, 1.165) is 23.3 Å². The zero-order valence-electron chi connectivity index (χ0n) is 29.6. The zero-order valence-corrected chi connectivity index (χ0v) is 33.0. The maximum absolute atomic E-state index is 12.4. The normalized spacial score (nSPS) is 9.76. The standard InChI is InChI=1S/C24H20O5.C17H14O5.Al.3ClH/c1-3-23(25)28-20-11-9-19(10-12-20)24(26)29-22-14-13-21(15-17(22)2)27-16-18-7-5-4-6-8-18;1-3-16(19)21-14-7-4-12(5-8-14)17(20)22-15-9-6-13(18)10-11(15)2;;;;/h3-15H,1,16H2,2H3;3-10,18H,1H2,2H3;;3*1H/q;;+3;;;/p-3. The third-order valence-electron chi connectivity index (χ3n) is 6.91. The molecule has 10 nitrogen and oxygen atoms in total.